The number of hydrogen-bond acceptors (Lipinski definition) is 8. The Labute approximate surface area is 218 Å². The number of carbonyl (C=O) groups is 2. The molecule has 0 aliphatic carbocycles. The van der Waals surface area contributed by atoms with Crippen LogP contribution in [0.1, 0.15) is 65.5 Å². The van der Waals surface area contributed by atoms with Crippen LogP contribution >= 0.6 is 0 Å². The predicted octanol–water partition coefficient (Wildman–Crippen LogP) is 6.25. The maximum Gasteiger partial charge on any atom is 0.376 e. The molecule has 0 spiro atoms. The second kappa shape index (κ2) is 13.4. The first-order valence-corrected chi connectivity index (χ1v) is 12.2. The fraction of sp³-hybridized carbons (Fsp3) is 0.379. The van der Waals surface area contributed by atoms with Crippen molar-refractivity contribution in [2.45, 2.75) is 72.4 Å². The third-order valence-corrected chi connectivity index (χ3v) is 5.80. The van der Waals surface area contributed by atoms with Crippen LogP contribution in [0.4, 0.5) is 0 Å². The third-order valence-electron chi connectivity index (χ3n) is 5.80. The summed E-state index contributed by atoms with van der Waals surface area (Å²) in [6.45, 7) is 10.9. The monoisotopic (exact) mass is 512 g/mol. The molecule has 0 radical (unpaired) electrons. The molecule has 2 atom stereocenters. The van der Waals surface area contributed by atoms with Crippen molar-refractivity contribution in [3.63, 3.8) is 0 Å². The van der Waals surface area contributed by atoms with Gasteiger partial charge < -0.3 is 29.2 Å². The molecule has 0 aliphatic rings. The zero-order valence-electron chi connectivity index (χ0n) is 22.2. The third kappa shape index (κ3) is 8.03. The highest BCUT2D eigenvalue weighted by Gasteiger charge is 2.24. The van der Waals surface area contributed by atoms with E-state index in [-0.39, 0.29) is 5.41 Å². The van der Waals surface area contributed by atoms with Crippen LogP contribution in [0.3, 0.4) is 0 Å². The second-order valence-corrected chi connectivity index (χ2v) is 8.74. The first-order valence-electron chi connectivity index (χ1n) is 12.2. The van der Waals surface area contributed by atoms with E-state index >= 15 is 0 Å². The van der Waals surface area contributed by atoms with E-state index in [1.165, 1.54) is 26.0 Å². The smallest absolute Gasteiger partial charge is 0.376 e. The van der Waals surface area contributed by atoms with Gasteiger partial charge in [-0.2, -0.15) is 0 Å². The van der Waals surface area contributed by atoms with E-state index in [0.29, 0.717) is 24.3 Å². The summed E-state index contributed by atoms with van der Waals surface area (Å²) in [5.41, 5.74) is 1.72. The first-order chi connectivity index (χ1) is 17.5. The Kier molecular flexibility index (Phi) is 10.6. The Bertz CT molecular complexity index is 1010. The molecular formula is C29H36O8. The zero-order chi connectivity index (χ0) is 27.6. The summed E-state index contributed by atoms with van der Waals surface area (Å²) >= 11 is 0. The maximum atomic E-state index is 11.8. The summed E-state index contributed by atoms with van der Waals surface area (Å²) < 4.78 is 21.9. The van der Waals surface area contributed by atoms with E-state index in [4.69, 9.17) is 18.9 Å². The summed E-state index contributed by atoms with van der Waals surface area (Å²) in [6, 6.07) is 15.0. The molecule has 8 nitrogen and oxygen atoms in total. The van der Waals surface area contributed by atoms with Gasteiger partial charge in [-0.05, 0) is 61.4 Å². The molecule has 0 aromatic heterocycles. The Hall–Kier alpha value is -3.94. The summed E-state index contributed by atoms with van der Waals surface area (Å²) in [4.78, 5) is 23.6. The number of esters is 2. The summed E-state index contributed by atoms with van der Waals surface area (Å²) in [7, 11) is 0. The number of allylic oxidation sites excluding steroid dienone is 2. The predicted molar refractivity (Wildman–Crippen MR) is 139 cm³/mol. The normalized spacial score (nSPS) is 13.9. The van der Waals surface area contributed by atoms with Gasteiger partial charge in [-0.15, -0.1) is 0 Å². The molecular weight excluding hydrogens is 476 g/mol. The molecule has 0 heterocycles. The van der Waals surface area contributed by atoms with E-state index in [0.717, 1.165) is 11.1 Å². The fourth-order valence-electron chi connectivity index (χ4n) is 3.35. The van der Waals surface area contributed by atoms with Crippen molar-refractivity contribution in [1.29, 1.82) is 0 Å². The lowest BCUT2D eigenvalue weighted by Gasteiger charge is -2.27. The number of carbonyl (C=O) groups excluding carboxylic acids is 2. The number of benzene rings is 2. The Morgan fingerprint density at radius 1 is 0.730 bits per heavy atom. The van der Waals surface area contributed by atoms with Gasteiger partial charge in [0.05, 0.1) is 0 Å². The lowest BCUT2D eigenvalue weighted by molar-refractivity contribution is -0.163. The van der Waals surface area contributed by atoms with E-state index in [1.807, 2.05) is 38.1 Å². The van der Waals surface area contributed by atoms with Crippen molar-refractivity contribution in [3.8, 4) is 11.5 Å². The second-order valence-electron chi connectivity index (χ2n) is 8.74. The molecule has 0 aliphatic heterocycles. The molecule has 2 aromatic carbocycles. The van der Waals surface area contributed by atoms with Crippen LogP contribution in [0.5, 0.6) is 11.5 Å². The van der Waals surface area contributed by atoms with Gasteiger partial charge >= 0.3 is 11.9 Å². The topological polar surface area (TPSA) is 112 Å². The van der Waals surface area contributed by atoms with Crippen molar-refractivity contribution >= 4 is 11.9 Å². The van der Waals surface area contributed by atoms with E-state index in [2.05, 4.69) is 13.8 Å². The van der Waals surface area contributed by atoms with Crippen LogP contribution in [0.15, 0.2) is 72.2 Å². The molecule has 0 bridgehead atoms. The fourth-order valence-corrected chi connectivity index (χ4v) is 3.35. The molecule has 8 heteroatoms. The van der Waals surface area contributed by atoms with Gasteiger partial charge in [-0.1, -0.05) is 52.0 Å². The van der Waals surface area contributed by atoms with Crippen LogP contribution < -0.4 is 9.47 Å². The first kappa shape index (κ1) is 29.3. The Morgan fingerprint density at radius 3 is 1.32 bits per heavy atom. The number of hydrogen-bond donors (Lipinski definition) is 2. The van der Waals surface area contributed by atoms with Crippen LogP contribution in [-0.4, -0.2) is 34.7 Å². The number of ether oxygens (including phenoxy) is 4. The summed E-state index contributed by atoms with van der Waals surface area (Å²) in [5, 5.41) is 19.0. The minimum atomic E-state index is -0.834. The average molecular weight is 513 g/mol. The minimum Gasteiger partial charge on any atom is -0.502 e. The lowest BCUT2D eigenvalue weighted by atomic mass is 9.78. The van der Waals surface area contributed by atoms with E-state index in [9.17, 15) is 19.8 Å². The van der Waals surface area contributed by atoms with Gasteiger partial charge in [-0.3, -0.25) is 0 Å². The van der Waals surface area contributed by atoms with Crippen molar-refractivity contribution in [1.82, 2.24) is 0 Å². The van der Waals surface area contributed by atoms with Gasteiger partial charge in [-0.25, -0.2) is 9.59 Å². The molecule has 2 aromatic rings. The van der Waals surface area contributed by atoms with Gasteiger partial charge in [0.25, 0.3) is 0 Å². The van der Waals surface area contributed by atoms with Crippen molar-refractivity contribution < 1.29 is 38.7 Å². The molecule has 0 amide bonds. The van der Waals surface area contributed by atoms with Gasteiger partial charge in [0.15, 0.2) is 11.5 Å². The zero-order valence-corrected chi connectivity index (χ0v) is 22.2. The van der Waals surface area contributed by atoms with Gasteiger partial charge in [0, 0.05) is 18.3 Å². The summed E-state index contributed by atoms with van der Waals surface area (Å²) in [5.74, 6) is -1.53. The van der Waals surface area contributed by atoms with Gasteiger partial charge in [0.1, 0.15) is 11.5 Å². The molecule has 2 N–H and O–H groups in total. The highest BCUT2D eigenvalue weighted by Crippen LogP contribution is 2.33. The lowest BCUT2D eigenvalue weighted by Crippen LogP contribution is -2.25. The van der Waals surface area contributed by atoms with Crippen molar-refractivity contribution in [2.75, 3.05) is 0 Å². The van der Waals surface area contributed by atoms with Crippen LogP contribution in [0, 0.1) is 0 Å². The molecule has 2 rings (SSSR count). The molecule has 37 heavy (non-hydrogen) atoms. The van der Waals surface area contributed by atoms with Crippen LogP contribution in [0.2, 0.25) is 0 Å². The standard InChI is InChI=1S/C29H36O8/c1-7-23(30)27(32)36-25(9-3)34-21-15-11-19(12-16-21)29(5,6)20-13-17-22(18-14-20)35-26(10-4)37-28(33)24(31)8-2/h7-8,11-18,25-26,30-31H,9-10H2,1-6H3/b23-7-,24-8-. The average Bonchev–Trinajstić information content (AvgIpc) is 2.91. The molecule has 200 valence electrons. The molecule has 0 fully saturated rings. The molecule has 0 saturated carbocycles. The highest BCUT2D eigenvalue weighted by atomic mass is 16.7. The van der Waals surface area contributed by atoms with E-state index in [1.54, 1.807) is 24.3 Å². The highest BCUT2D eigenvalue weighted by molar-refractivity contribution is 5.86. The number of aliphatic hydroxyl groups excluding tert-OH is 2. The number of rotatable bonds is 12. The number of aliphatic hydroxyl groups is 2. The van der Waals surface area contributed by atoms with E-state index < -0.39 is 36.0 Å². The molecule has 0 saturated heterocycles. The quantitative estimate of drug-likeness (QED) is 0.148. The van der Waals surface area contributed by atoms with Crippen molar-refractivity contribution in [3.05, 3.63) is 83.3 Å². The van der Waals surface area contributed by atoms with Crippen LogP contribution in [-0.2, 0) is 24.5 Å². The van der Waals surface area contributed by atoms with Gasteiger partial charge in [0.2, 0.25) is 12.6 Å². The van der Waals surface area contributed by atoms with Crippen LogP contribution in [0.25, 0.3) is 0 Å². The SMILES string of the molecule is C/C=C(\O)C(=O)OC(CC)Oc1ccc(C(C)(C)c2ccc(OC(CC)OC(=O)/C(O)=C/C)cc2)cc1. The van der Waals surface area contributed by atoms with Crippen molar-refractivity contribution in [2.24, 2.45) is 0 Å². The minimum absolute atomic E-state index is 0.347. The Balaban J connectivity index is 2.08. The summed E-state index contributed by atoms with van der Waals surface area (Å²) in [6.07, 6.45) is 1.71. The molecule has 2 unspecified atom stereocenters. The maximum absolute atomic E-state index is 11.8. The Morgan fingerprint density at radius 2 is 1.05 bits per heavy atom. The largest absolute Gasteiger partial charge is 0.502 e.